The summed E-state index contributed by atoms with van der Waals surface area (Å²) in [7, 11) is -2.28. The summed E-state index contributed by atoms with van der Waals surface area (Å²) >= 11 is 0. The summed E-state index contributed by atoms with van der Waals surface area (Å²) in [5, 5.41) is 0. The number of aryl methyl sites for hydroxylation is 1. The molecule has 0 aromatic heterocycles. The summed E-state index contributed by atoms with van der Waals surface area (Å²) < 4.78 is 10.4. The molecule has 0 saturated carbocycles. The molecule has 1 aromatic rings. The van der Waals surface area contributed by atoms with Gasteiger partial charge in [-0.15, -0.1) is 0 Å². The van der Waals surface area contributed by atoms with Gasteiger partial charge in [0.2, 0.25) is 0 Å². The van der Waals surface area contributed by atoms with E-state index in [1.807, 2.05) is 30.3 Å². The molecule has 0 aliphatic carbocycles. The molecule has 1 N–H and O–H groups in total. The predicted molar refractivity (Wildman–Crippen MR) is 46.2 cm³/mol. The molecule has 2 nitrogen and oxygen atoms in total. The van der Waals surface area contributed by atoms with Gasteiger partial charge in [-0.25, -0.2) is 0 Å². The maximum Gasteiger partial charge on any atom is 0.189 e. The maximum absolute atomic E-state index is 10.4. The second-order valence-electron chi connectivity index (χ2n) is 2.38. The zero-order chi connectivity index (χ0) is 8.10. The molecule has 4 heteroatoms. The molecule has 1 radical (unpaired) electrons. The van der Waals surface area contributed by atoms with Crippen LogP contribution >= 0.6 is 8.03 Å². The van der Waals surface area contributed by atoms with Crippen molar-refractivity contribution in [3.8, 4) is 0 Å². The zero-order valence-corrected chi connectivity index (χ0v) is 11.4. The van der Waals surface area contributed by atoms with Crippen molar-refractivity contribution in [2.24, 2.45) is 0 Å². The Morgan fingerprint density at radius 1 is 1.25 bits per heavy atom. The molecule has 0 aliphatic heterocycles. The van der Waals surface area contributed by atoms with E-state index in [1.165, 1.54) is 0 Å². The van der Waals surface area contributed by atoms with Gasteiger partial charge in [-0.05, 0) is 12.0 Å². The van der Waals surface area contributed by atoms with E-state index in [4.69, 9.17) is 4.89 Å². The fourth-order valence-corrected chi connectivity index (χ4v) is 1.40. The van der Waals surface area contributed by atoms with Gasteiger partial charge in [-0.1, -0.05) is 30.3 Å². The Morgan fingerprint density at radius 2 is 1.83 bits per heavy atom. The molecular weight excluding hydrogens is 298 g/mol. The Balaban J connectivity index is 0.00000121. The summed E-state index contributed by atoms with van der Waals surface area (Å²) in [5.74, 6) is 0. The summed E-state index contributed by atoms with van der Waals surface area (Å²) in [6.07, 6.45) is 1.10. The van der Waals surface area contributed by atoms with Crippen LogP contribution in [-0.4, -0.2) is 11.1 Å². The topological polar surface area (TPSA) is 37.3 Å². The van der Waals surface area contributed by atoms with Gasteiger partial charge in [0.25, 0.3) is 0 Å². The third-order valence-corrected chi connectivity index (χ3v) is 2.15. The van der Waals surface area contributed by atoms with Gasteiger partial charge in [-0.2, -0.15) is 0 Å². The van der Waals surface area contributed by atoms with E-state index in [0.717, 1.165) is 5.56 Å². The molecule has 1 rings (SSSR count). The van der Waals surface area contributed by atoms with Gasteiger partial charge >= 0.3 is 0 Å². The molecule has 0 saturated heterocycles. The fourth-order valence-electron chi connectivity index (χ4n) is 0.896. The van der Waals surface area contributed by atoms with Crippen molar-refractivity contribution in [2.75, 3.05) is 6.16 Å². The van der Waals surface area contributed by atoms with Crippen molar-refractivity contribution >= 4 is 8.03 Å². The van der Waals surface area contributed by atoms with E-state index in [9.17, 15) is 4.57 Å². The van der Waals surface area contributed by atoms with Crippen molar-refractivity contribution in [3.63, 3.8) is 0 Å². The monoisotopic (exact) mass is 309 g/mol. The largest absolute Gasteiger partial charge is 0.346 e. The first-order valence-corrected chi connectivity index (χ1v) is 5.11. The van der Waals surface area contributed by atoms with Crippen LogP contribution < -0.4 is 0 Å². The quantitative estimate of drug-likeness (QED) is 0.863. The molecule has 1 unspecified atom stereocenters. The van der Waals surface area contributed by atoms with Gasteiger partial charge in [0, 0.05) is 41.8 Å². The van der Waals surface area contributed by atoms with Gasteiger partial charge in [0.05, 0.1) is 0 Å². The first kappa shape index (κ1) is 12.6. The minimum atomic E-state index is -2.28. The smallest absolute Gasteiger partial charge is 0.189 e. The van der Waals surface area contributed by atoms with Crippen LogP contribution in [0, 0.1) is 35.6 Å². The first-order valence-electron chi connectivity index (χ1n) is 3.55. The number of rotatable bonds is 3. The number of hydrogen-bond donors (Lipinski definition) is 1. The fraction of sp³-hybridized carbons (Fsp3) is 0.250. The van der Waals surface area contributed by atoms with Gasteiger partial charge in [0.1, 0.15) is 0 Å². The number of benzene rings is 1. The van der Waals surface area contributed by atoms with Crippen LogP contribution in [0.4, 0.5) is 0 Å². The van der Waals surface area contributed by atoms with Gasteiger partial charge in [-0.3, -0.25) is 4.57 Å². The van der Waals surface area contributed by atoms with Crippen molar-refractivity contribution in [2.45, 2.75) is 6.42 Å². The number of hydrogen-bond acceptors (Lipinski definition) is 1. The van der Waals surface area contributed by atoms with Crippen molar-refractivity contribution < 1.29 is 45.1 Å². The van der Waals surface area contributed by atoms with Crippen LogP contribution in [0.15, 0.2) is 30.3 Å². The molecule has 0 amide bonds. The van der Waals surface area contributed by atoms with E-state index in [1.54, 1.807) is 0 Å². The molecule has 0 fully saturated rings. The average Bonchev–Trinajstić information content (AvgIpc) is 2.03. The minimum absolute atomic E-state index is 0. The average molecular weight is 309 g/mol. The molecule has 1 atom stereocenters. The molecule has 1 aromatic carbocycles. The van der Waals surface area contributed by atoms with Crippen molar-refractivity contribution in [1.29, 1.82) is 0 Å². The van der Waals surface area contributed by atoms with Crippen molar-refractivity contribution in [1.82, 2.24) is 0 Å². The SMILES string of the molecule is O=[PH](O)CCc1ccccc1.[La]. The van der Waals surface area contributed by atoms with Crippen LogP contribution in [0.1, 0.15) is 5.56 Å². The van der Waals surface area contributed by atoms with E-state index in [0.29, 0.717) is 12.6 Å². The Hall–Kier alpha value is 0.605. The molecule has 63 valence electrons. The maximum atomic E-state index is 10.4. The standard InChI is InChI=1S/C8H11O2P.La/c9-11(10)7-6-8-4-2-1-3-5-8;/h1-5,11H,6-7H2,(H,9,10);. The Bertz CT molecular complexity index is 238. The summed E-state index contributed by atoms with van der Waals surface area (Å²) in [4.78, 5) is 8.56. The molecule has 0 bridgehead atoms. The second kappa shape index (κ2) is 7.05. The van der Waals surface area contributed by atoms with Crippen molar-refractivity contribution in [3.05, 3.63) is 35.9 Å². The van der Waals surface area contributed by atoms with E-state index in [2.05, 4.69) is 0 Å². The third-order valence-electron chi connectivity index (χ3n) is 1.47. The molecule has 0 heterocycles. The van der Waals surface area contributed by atoms with E-state index >= 15 is 0 Å². The third kappa shape index (κ3) is 5.29. The summed E-state index contributed by atoms with van der Waals surface area (Å²) in [6.45, 7) is 0. The molecule has 12 heavy (non-hydrogen) atoms. The predicted octanol–water partition coefficient (Wildman–Crippen LogP) is 1.70. The molecule has 0 aliphatic rings. The Kier molecular flexibility index (Phi) is 7.41. The van der Waals surface area contributed by atoms with Crippen LogP contribution in [0.5, 0.6) is 0 Å². The summed E-state index contributed by atoms with van der Waals surface area (Å²) in [5.41, 5.74) is 1.12. The zero-order valence-electron chi connectivity index (χ0n) is 6.73. The van der Waals surface area contributed by atoms with Gasteiger partial charge in [0.15, 0.2) is 8.03 Å². The van der Waals surface area contributed by atoms with E-state index < -0.39 is 8.03 Å². The van der Waals surface area contributed by atoms with Gasteiger partial charge < -0.3 is 4.89 Å². The first-order chi connectivity index (χ1) is 5.29. The van der Waals surface area contributed by atoms with Crippen LogP contribution in [-0.2, 0) is 11.0 Å². The normalized spacial score (nSPS) is 11.8. The van der Waals surface area contributed by atoms with Crippen LogP contribution in [0.25, 0.3) is 0 Å². The second-order valence-corrected chi connectivity index (χ2v) is 3.67. The van der Waals surface area contributed by atoms with Crippen LogP contribution in [0.3, 0.4) is 0 Å². The van der Waals surface area contributed by atoms with Crippen LogP contribution in [0.2, 0.25) is 0 Å². The van der Waals surface area contributed by atoms with E-state index in [-0.39, 0.29) is 35.6 Å². The summed E-state index contributed by atoms with van der Waals surface area (Å²) in [6, 6.07) is 9.73. The minimum Gasteiger partial charge on any atom is -0.346 e. The molecule has 0 spiro atoms. The Morgan fingerprint density at radius 3 is 2.33 bits per heavy atom. The molecular formula is C8H11LaO2P. The Labute approximate surface area is 101 Å².